The molecule has 0 saturated carbocycles. The molecule has 28 heavy (non-hydrogen) atoms. The van der Waals surface area contributed by atoms with Crippen molar-refractivity contribution in [1.29, 1.82) is 0 Å². The number of hydrogen-bond acceptors (Lipinski definition) is 6. The minimum Gasteiger partial charge on any atom is -0.497 e. The third-order valence-electron chi connectivity index (χ3n) is 4.05. The summed E-state index contributed by atoms with van der Waals surface area (Å²) >= 11 is 0. The van der Waals surface area contributed by atoms with E-state index in [4.69, 9.17) is 24.7 Å². The van der Waals surface area contributed by atoms with E-state index < -0.39 is 5.91 Å². The van der Waals surface area contributed by atoms with Crippen LogP contribution in [0.5, 0.6) is 23.0 Å². The fraction of sp³-hybridized carbons (Fsp3) is 0.300. The monoisotopic (exact) mass is 388 g/mol. The number of carbonyl (C=O) groups excluding carboxylic acids is 2. The highest BCUT2D eigenvalue weighted by molar-refractivity contribution is 5.95. The molecule has 2 aromatic rings. The van der Waals surface area contributed by atoms with Gasteiger partial charge in [0.1, 0.15) is 11.5 Å². The topological polar surface area (TPSA) is 109 Å². The van der Waals surface area contributed by atoms with E-state index in [-0.39, 0.29) is 18.6 Å². The van der Waals surface area contributed by atoms with Gasteiger partial charge in [0, 0.05) is 11.1 Å². The molecular weight excluding hydrogens is 364 g/mol. The molecule has 0 aromatic heterocycles. The zero-order chi connectivity index (χ0) is 20.7. The second kappa shape index (κ2) is 9.50. The Morgan fingerprint density at radius 2 is 1.64 bits per heavy atom. The first-order valence-corrected chi connectivity index (χ1v) is 8.51. The van der Waals surface area contributed by atoms with Gasteiger partial charge in [0.05, 0.1) is 27.4 Å². The minimum absolute atomic E-state index is 0.283. The van der Waals surface area contributed by atoms with Crippen molar-refractivity contribution in [2.45, 2.75) is 13.0 Å². The van der Waals surface area contributed by atoms with E-state index in [1.54, 1.807) is 38.5 Å². The van der Waals surface area contributed by atoms with E-state index >= 15 is 0 Å². The summed E-state index contributed by atoms with van der Waals surface area (Å²) in [7, 11) is 4.58. The third-order valence-corrected chi connectivity index (χ3v) is 4.05. The van der Waals surface area contributed by atoms with E-state index in [2.05, 4.69) is 5.32 Å². The van der Waals surface area contributed by atoms with Gasteiger partial charge in [-0.1, -0.05) is 0 Å². The quantitative estimate of drug-likeness (QED) is 0.681. The normalized spacial score (nSPS) is 11.3. The first-order valence-electron chi connectivity index (χ1n) is 8.51. The van der Waals surface area contributed by atoms with Gasteiger partial charge in [0.2, 0.25) is 0 Å². The second-order valence-electron chi connectivity index (χ2n) is 5.92. The van der Waals surface area contributed by atoms with E-state index in [0.717, 1.165) is 5.56 Å². The van der Waals surface area contributed by atoms with E-state index in [0.29, 0.717) is 28.6 Å². The molecule has 2 aromatic carbocycles. The number of nitrogens with two attached hydrogens (primary N) is 1. The lowest BCUT2D eigenvalue weighted by atomic mass is 10.1. The number of rotatable bonds is 9. The maximum Gasteiger partial charge on any atom is 0.255 e. The van der Waals surface area contributed by atoms with Gasteiger partial charge in [0.25, 0.3) is 11.8 Å². The maximum absolute atomic E-state index is 12.7. The summed E-state index contributed by atoms with van der Waals surface area (Å²) in [6, 6.07) is 9.69. The zero-order valence-corrected chi connectivity index (χ0v) is 16.3. The highest BCUT2D eigenvalue weighted by Crippen LogP contribution is 2.31. The van der Waals surface area contributed by atoms with Gasteiger partial charge in [0.15, 0.2) is 18.1 Å². The van der Waals surface area contributed by atoms with Crippen LogP contribution >= 0.6 is 0 Å². The predicted octanol–water partition coefficient (Wildman–Crippen LogP) is 2.07. The minimum atomic E-state index is -0.607. The van der Waals surface area contributed by atoms with Gasteiger partial charge in [-0.2, -0.15) is 0 Å². The van der Waals surface area contributed by atoms with Crippen molar-refractivity contribution >= 4 is 11.8 Å². The van der Waals surface area contributed by atoms with Crippen molar-refractivity contribution in [2.75, 3.05) is 27.9 Å². The highest BCUT2D eigenvalue weighted by Gasteiger charge is 2.18. The predicted molar refractivity (Wildman–Crippen MR) is 103 cm³/mol. The summed E-state index contributed by atoms with van der Waals surface area (Å²) in [6.45, 7) is 1.56. The molecule has 0 heterocycles. The molecule has 0 saturated heterocycles. The number of nitrogens with one attached hydrogen (secondary N) is 1. The molecule has 3 N–H and O–H groups in total. The largest absolute Gasteiger partial charge is 0.497 e. The number of primary amides is 1. The van der Waals surface area contributed by atoms with Gasteiger partial charge in [-0.05, 0) is 43.3 Å². The number of ether oxygens (including phenoxy) is 4. The Morgan fingerprint density at radius 3 is 2.25 bits per heavy atom. The lowest BCUT2D eigenvalue weighted by Gasteiger charge is -2.19. The smallest absolute Gasteiger partial charge is 0.255 e. The first kappa shape index (κ1) is 20.9. The van der Waals surface area contributed by atoms with Crippen LogP contribution in [0.25, 0.3) is 0 Å². The van der Waals surface area contributed by atoms with Crippen LogP contribution in [-0.2, 0) is 4.79 Å². The van der Waals surface area contributed by atoms with Crippen LogP contribution in [-0.4, -0.2) is 39.8 Å². The molecule has 8 heteroatoms. The average molecular weight is 388 g/mol. The number of carbonyl (C=O) groups is 2. The van der Waals surface area contributed by atoms with E-state index in [9.17, 15) is 9.59 Å². The molecular formula is C20H24N2O6. The molecule has 0 radical (unpaired) electrons. The summed E-state index contributed by atoms with van der Waals surface area (Å²) in [5.41, 5.74) is 6.23. The standard InChI is InChI=1S/C20H24N2O6/c1-12(15-10-14(25-2)6-8-16(15)26-3)22-20(24)13-5-7-17(18(9-13)27-4)28-11-19(21)23/h5-10,12H,11H2,1-4H3,(H2,21,23)(H,22,24)/t12-/m1/s1. The Morgan fingerprint density at radius 1 is 0.964 bits per heavy atom. The van der Waals surface area contributed by atoms with Crippen molar-refractivity contribution in [3.8, 4) is 23.0 Å². The fourth-order valence-corrected chi connectivity index (χ4v) is 2.61. The third kappa shape index (κ3) is 5.06. The zero-order valence-electron chi connectivity index (χ0n) is 16.3. The van der Waals surface area contributed by atoms with Crippen LogP contribution in [0.4, 0.5) is 0 Å². The molecule has 0 aliphatic heterocycles. The Balaban J connectivity index is 2.19. The second-order valence-corrected chi connectivity index (χ2v) is 5.92. The van der Waals surface area contributed by atoms with Crippen LogP contribution in [0, 0.1) is 0 Å². The molecule has 0 fully saturated rings. The summed E-state index contributed by atoms with van der Waals surface area (Å²) in [5, 5.41) is 2.91. The molecule has 2 rings (SSSR count). The van der Waals surface area contributed by atoms with Gasteiger partial charge < -0.3 is 30.0 Å². The SMILES string of the molecule is COc1ccc(OC)c([C@@H](C)NC(=O)c2ccc(OCC(N)=O)c(OC)c2)c1. The molecule has 150 valence electrons. The van der Waals surface area contributed by atoms with Gasteiger partial charge >= 0.3 is 0 Å². The van der Waals surface area contributed by atoms with Crippen LogP contribution < -0.4 is 30.0 Å². The number of amides is 2. The highest BCUT2D eigenvalue weighted by atomic mass is 16.5. The Kier molecular flexibility index (Phi) is 7.08. The molecule has 8 nitrogen and oxygen atoms in total. The van der Waals surface area contributed by atoms with Crippen molar-refractivity contribution in [3.63, 3.8) is 0 Å². The van der Waals surface area contributed by atoms with Crippen LogP contribution in [0.2, 0.25) is 0 Å². The summed E-state index contributed by atoms with van der Waals surface area (Å²) < 4.78 is 21.1. The van der Waals surface area contributed by atoms with Crippen molar-refractivity contribution in [3.05, 3.63) is 47.5 Å². The number of benzene rings is 2. The number of hydrogen-bond donors (Lipinski definition) is 2. The van der Waals surface area contributed by atoms with Crippen molar-refractivity contribution in [2.24, 2.45) is 5.73 Å². The van der Waals surface area contributed by atoms with Crippen molar-refractivity contribution in [1.82, 2.24) is 5.32 Å². The van der Waals surface area contributed by atoms with Crippen LogP contribution in [0.3, 0.4) is 0 Å². The average Bonchev–Trinajstić information content (AvgIpc) is 2.71. The van der Waals surface area contributed by atoms with Crippen molar-refractivity contribution < 1.29 is 28.5 Å². The fourth-order valence-electron chi connectivity index (χ4n) is 2.61. The lowest BCUT2D eigenvalue weighted by molar-refractivity contribution is -0.119. The van der Waals surface area contributed by atoms with E-state index in [1.807, 2.05) is 13.0 Å². The molecule has 0 aliphatic rings. The molecule has 1 atom stereocenters. The lowest BCUT2D eigenvalue weighted by Crippen LogP contribution is -2.27. The van der Waals surface area contributed by atoms with Crippen LogP contribution in [0.15, 0.2) is 36.4 Å². The Labute approximate surface area is 163 Å². The number of methoxy groups -OCH3 is 3. The molecule has 0 spiro atoms. The molecule has 0 unspecified atom stereocenters. The summed E-state index contributed by atoms with van der Waals surface area (Å²) in [5.74, 6) is 1.03. The van der Waals surface area contributed by atoms with E-state index in [1.165, 1.54) is 13.2 Å². The maximum atomic E-state index is 12.7. The molecule has 0 bridgehead atoms. The van der Waals surface area contributed by atoms with Gasteiger partial charge in [-0.3, -0.25) is 9.59 Å². The van der Waals surface area contributed by atoms with Gasteiger partial charge in [-0.15, -0.1) is 0 Å². The molecule has 0 aliphatic carbocycles. The van der Waals surface area contributed by atoms with Gasteiger partial charge in [-0.25, -0.2) is 0 Å². The Hall–Kier alpha value is -3.42. The summed E-state index contributed by atoms with van der Waals surface area (Å²) in [4.78, 5) is 23.5. The van der Waals surface area contributed by atoms with Crippen LogP contribution in [0.1, 0.15) is 28.9 Å². The Bertz CT molecular complexity index is 853. The first-order chi connectivity index (χ1) is 13.4. The summed E-state index contributed by atoms with van der Waals surface area (Å²) in [6.07, 6.45) is 0. The molecule has 2 amide bonds.